The van der Waals surface area contributed by atoms with E-state index in [9.17, 15) is 0 Å². The Kier molecular flexibility index (Phi) is 2.45. The topological polar surface area (TPSA) is 56.7 Å². The van der Waals surface area contributed by atoms with Crippen molar-refractivity contribution in [2.75, 3.05) is 5.73 Å². The second-order valence-corrected chi connectivity index (χ2v) is 4.52. The minimum atomic E-state index is 0.408. The van der Waals surface area contributed by atoms with Crippen LogP contribution in [0.15, 0.2) is 36.4 Å². The maximum Gasteiger partial charge on any atom is 0.207 e. The van der Waals surface area contributed by atoms with Gasteiger partial charge >= 0.3 is 0 Å². The standard InChI is InChI=1S/C13H11ClN4/c1-8-5-6-11-12(16-8)18(13(15)17-11)10-4-2-3-9(14)7-10/h2-7H,1H3,(H2,15,17). The Labute approximate surface area is 109 Å². The van der Waals surface area contributed by atoms with Gasteiger partial charge in [-0.2, -0.15) is 0 Å². The van der Waals surface area contributed by atoms with Gasteiger partial charge < -0.3 is 5.73 Å². The van der Waals surface area contributed by atoms with Crippen molar-refractivity contribution in [3.63, 3.8) is 0 Å². The third-order valence-electron chi connectivity index (χ3n) is 2.74. The molecule has 2 N–H and O–H groups in total. The van der Waals surface area contributed by atoms with Crippen molar-refractivity contribution < 1.29 is 0 Å². The van der Waals surface area contributed by atoms with Crippen LogP contribution in [0.2, 0.25) is 5.02 Å². The average Bonchev–Trinajstić information content (AvgIpc) is 2.64. The summed E-state index contributed by atoms with van der Waals surface area (Å²) < 4.78 is 1.80. The van der Waals surface area contributed by atoms with Gasteiger partial charge in [0.1, 0.15) is 5.52 Å². The third kappa shape index (κ3) is 1.71. The minimum absolute atomic E-state index is 0.408. The number of hydrogen-bond acceptors (Lipinski definition) is 3. The summed E-state index contributed by atoms with van der Waals surface area (Å²) in [4.78, 5) is 8.78. The summed E-state index contributed by atoms with van der Waals surface area (Å²) in [5.41, 5.74) is 9.26. The highest BCUT2D eigenvalue weighted by Crippen LogP contribution is 2.23. The number of pyridine rings is 1. The maximum absolute atomic E-state index is 6.00. The van der Waals surface area contributed by atoms with Crippen LogP contribution >= 0.6 is 11.6 Å². The van der Waals surface area contributed by atoms with Gasteiger partial charge in [0.2, 0.25) is 5.95 Å². The molecule has 0 saturated heterocycles. The van der Waals surface area contributed by atoms with Crippen LogP contribution < -0.4 is 5.73 Å². The first kappa shape index (κ1) is 11.0. The first-order valence-electron chi connectivity index (χ1n) is 5.52. The van der Waals surface area contributed by atoms with Gasteiger partial charge in [0.05, 0.1) is 5.69 Å². The zero-order valence-corrected chi connectivity index (χ0v) is 10.5. The minimum Gasteiger partial charge on any atom is -0.369 e. The molecular formula is C13H11ClN4. The molecule has 2 aromatic heterocycles. The molecule has 0 fully saturated rings. The molecule has 1 aromatic carbocycles. The Balaban J connectivity index is 2.34. The van der Waals surface area contributed by atoms with Gasteiger partial charge in [-0.05, 0) is 37.3 Å². The largest absolute Gasteiger partial charge is 0.369 e. The van der Waals surface area contributed by atoms with E-state index in [-0.39, 0.29) is 0 Å². The SMILES string of the molecule is Cc1ccc2nc(N)n(-c3cccc(Cl)c3)c2n1. The van der Waals surface area contributed by atoms with E-state index in [0.29, 0.717) is 11.0 Å². The van der Waals surface area contributed by atoms with Gasteiger partial charge in [0, 0.05) is 10.7 Å². The lowest BCUT2D eigenvalue weighted by molar-refractivity contribution is 1.07. The van der Waals surface area contributed by atoms with Gasteiger partial charge in [-0.25, -0.2) is 9.97 Å². The van der Waals surface area contributed by atoms with Gasteiger partial charge in [0.15, 0.2) is 5.65 Å². The van der Waals surface area contributed by atoms with E-state index < -0.39 is 0 Å². The molecule has 18 heavy (non-hydrogen) atoms. The number of nitrogens with two attached hydrogens (primary N) is 1. The number of imidazole rings is 1. The molecule has 0 spiro atoms. The summed E-state index contributed by atoms with van der Waals surface area (Å²) in [6, 6.07) is 11.3. The molecule has 90 valence electrons. The van der Waals surface area contributed by atoms with Gasteiger partial charge in [0.25, 0.3) is 0 Å². The molecule has 0 atom stereocenters. The van der Waals surface area contributed by atoms with E-state index in [1.165, 1.54) is 0 Å². The van der Waals surface area contributed by atoms with E-state index >= 15 is 0 Å². The smallest absolute Gasteiger partial charge is 0.207 e. The van der Waals surface area contributed by atoms with Crippen LogP contribution in [-0.2, 0) is 0 Å². The number of anilines is 1. The lowest BCUT2D eigenvalue weighted by atomic mass is 10.3. The molecule has 0 aliphatic heterocycles. The molecule has 3 aromatic rings. The molecule has 5 heteroatoms. The van der Waals surface area contributed by atoms with E-state index in [1.54, 1.807) is 4.57 Å². The number of benzene rings is 1. The zero-order valence-electron chi connectivity index (χ0n) is 9.76. The first-order valence-corrected chi connectivity index (χ1v) is 5.90. The lowest BCUT2D eigenvalue weighted by Crippen LogP contribution is -2.01. The quantitative estimate of drug-likeness (QED) is 0.730. The van der Waals surface area contributed by atoms with Crippen LogP contribution in [0, 0.1) is 6.92 Å². The average molecular weight is 259 g/mol. The van der Waals surface area contributed by atoms with Crippen molar-refractivity contribution in [3.05, 3.63) is 47.1 Å². The monoisotopic (exact) mass is 258 g/mol. The molecular weight excluding hydrogens is 248 g/mol. The summed E-state index contributed by atoms with van der Waals surface area (Å²) in [6.07, 6.45) is 0. The van der Waals surface area contributed by atoms with Crippen LogP contribution in [0.3, 0.4) is 0 Å². The molecule has 0 unspecified atom stereocenters. The highest BCUT2D eigenvalue weighted by molar-refractivity contribution is 6.30. The second kappa shape index (κ2) is 3.99. The Morgan fingerprint density at radius 1 is 1.17 bits per heavy atom. The summed E-state index contributed by atoms with van der Waals surface area (Å²) in [5, 5.41) is 0.654. The van der Waals surface area contributed by atoms with Crippen LogP contribution in [0.25, 0.3) is 16.9 Å². The predicted molar refractivity (Wildman–Crippen MR) is 73.0 cm³/mol. The van der Waals surface area contributed by atoms with Gasteiger partial charge in [-0.1, -0.05) is 17.7 Å². The molecule has 4 nitrogen and oxygen atoms in total. The number of nitrogens with zero attached hydrogens (tertiary/aromatic N) is 3. The maximum atomic E-state index is 6.00. The van der Waals surface area contributed by atoms with Gasteiger partial charge in [-0.15, -0.1) is 0 Å². The Morgan fingerprint density at radius 3 is 2.78 bits per heavy atom. The Hall–Kier alpha value is -2.07. The van der Waals surface area contributed by atoms with E-state index in [0.717, 1.165) is 22.5 Å². The van der Waals surface area contributed by atoms with E-state index in [1.807, 2.05) is 43.3 Å². The van der Waals surface area contributed by atoms with Crippen molar-refractivity contribution >= 4 is 28.7 Å². The number of rotatable bonds is 1. The van der Waals surface area contributed by atoms with Crippen molar-refractivity contribution in [3.8, 4) is 5.69 Å². The van der Waals surface area contributed by atoms with Crippen molar-refractivity contribution in [1.82, 2.24) is 14.5 Å². The number of aromatic nitrogens is 3. The van der Waals surface area contributed by atoms with Crippen LogP contribution in [0.4, 0.5) is 5.95 Å². The van der Waals surface area contributed by atoms with Crippen molar-refractivity contribution in [1.29, 1.82) is 0 Å². The summed E-state index contributed by atoms with van der Waals surface area (Å²) in [6.45, 7) is 1.94. The fourth-order valence-corrected chi connectivity index (χ4v) is 2.12. The third-order valence-corrected chi connectivity index (χ3v) is 2.97. The highest BCUT2D eigenvalue weighted by atomic mass is 35.5. The van der Waals surface area contributed by atoms with E-state index in [4.69, 9.17) is 17.3 Å². The molecule has 0 aliphatic carbocycles. The fourth-order valence-electron chi connectivity index (χ4n) is 1.94. The molecule has 0 aliphatic rings. The van der Waals surface area contributed by atoms with E-state index in [2.05, 4.69) is 9.97 Å². The number of fused-ring (bicyclic) bond motifs is 1. The Bertz CT molecular complexity index is 733. The second-order valence-electron chi connectivity index (χ2n) is 4.08. The molecule has 2 heterocycles. The number of aryl methyl sites for hydroxylation is 1. The Morgan fingerprint density at radius 2 is 2.00 bits per heavy atom. The molecule has 0 amide bonds. The summed E-state index contributed by atoms with van der Waals surface area (Å²) >= 11 is 6.00. The molecule has 3 rings (SSSR count). The van der Waals surface area contributed by atoms with Crippen LogP contribution in [0.5, 0.6) is 0 Å². The van der Waals surface area contributed by atoms with Crippen LogP contribution in [-0.4, -0.2) is 14.5 Å². The van der Waals surface area contributed by atoms with Crippen LogP contribution in [0.1, 0.15) is 5.69 Å². The number of hydrogen-bond donors (Lipinski definition) is 1. The molecule has 0 bridgehead atoms. The fraction of sp³-hybridized carbons (Fsp3) is 0.0769. The van der Waals surface area contributed by atoms with Gasteiger partial charge in [-0.3, -0.25) is 4.57 Å². The molecule has 0 radical (unpaired) electrons. The first-order chi connectivity index (χ1) is 8.65. The summed E-state index contributed by atoms with van der Waals surface area (Å²) in [7, 11) is 0. The highest BCUT2D eigenvalue weighted by Gasteiger charge is 2.11. The normalized spacial score (nSPS) is 11.0. The lowest BCUT2D eigenvalue weighted by Gasteiger charge is -2.06. The zero-order chi connectivity index (χ0) is 12.7. The summed E-state index contributed by atoms with van der Waals surface area (Å²) in [5.74, 6) is 0.408. The molecule has 0 saturated carbocycles. The number of nitrogen functional groups attached to an aromatic ring is 1. The number of halogens is 1. The predicted octanol–water partition coefficient (Wildman–Crippen LogP) is 2.96. The van der Waals surface area contributed by atoms with Crippen molar-refractivity contribution in [2.45, 2.75) is 6.92 Å². The van der Waals surface area contributed by atoms with Crippen molar-refractivity contribution in [2.24, 2.45) is 0 Å².